The van der Waals surface area contributed by atoms with Crippen molar-refractivity contribution in [3.8, 4) is 5.75 Å². The molecule has 1 aromatic rings. The molecule has 1 aliphatic heterocycles. The van der Waals surface area contributed by atoms with Crippen LogP contribution < -0.4 is 9.64 Å². The standard InChI is InChI=1S/C11H11BrClNO4S/c1-18-7-2-3-10(9(12)4-7)14-6-8(5-11(14)15)19(13,16)17/h2-4,8H,5-6H2,1H3. The van der Waals surface area contributed by atoms with Crippen LogP contribution in [-0.4, -0.2) is 33.2 Å². The quantitative estimate of drug-likeness (QED) is 0.767. The maximum absolute atomic E-state index is 11.9. The van der Waals surface area contributed by atoms with Crippen LogP contribution in [0.5, 0.6) is 5.75 Å². The number of halogens is 2. The summed E-state index contributed by atoms with van der Waals surface area (Å²) in [4.78, 5) is 13.3. The molecule has 104 valence electrons. The number of nitrogens with zero attached hydrogens (tertiary/aromatic N) is 1. The fraction of sp³-hybridized carbons (Fsp3) is 0.364. The van der Waals surface area contributed by atoms with Crippen molar-refractivity contribution >= 4 is 47.3 Å². The van der Waals surface area contributed by atoms with Gasteiger partial charge in [0, 0.05) is 28.1 Å². The molecule has 1 amide bonds. The van der Waals surface area contributed by atoms with Crippen LogP contribution >= 0.6 is 26.6 Å². The molecule has 0 N–H and O–H groups in total. The van der Waals surface area contributed by atoms with Crippen LogP contribution in [-0.2, 0) is 13.8 Å². The van der Waals surface area contributed by atoms with E-state index in [2.05, 4.69) is 15.9 Å². The molecular weight excluding hydrogens is 358 g/mol. The summed E-state index contributed by atoms with van der Waals surface area (Å²) in [6.45, 7) is 0.0651. The number of ether oxygens (including phenoxy) is 1. The lowest BCUT2D eigenvalue weighted by Gasteiger charge is -2.18. The van der Waals surface area contributed by atoms with Crippen molar-refractivity contribution in [2.24, 2.45) is 0 Å². The number of rotatable bonds is 3. The van der Waals surface area contributed by atoms with Gasteiger partial charge in [-0.05, 0) is 34.1 Å². The highest BCUT2D eigenvalue weighted by Gasteiger charge is 2.38. The Labute approximate surface area is 124 Å². The van der Waals surface area contributed by atoms with Crippen molar-refractivity contribution in [1.29, 1.82) is 0 Å². The maximum atomic E-state index is 11.9. The molecule has 1 aromatic carbocycles. The Hall–Kier alpha value is -0.790. The molecule has 0 bridgehead atoms. The number of methoxy groups -OCH3 is 1. The number of amides is 1. The average Bonchev–Trinajstić information content (AvgIpc) is 2.71. The van der Waals surface area contributed by atoms with Gasteiger partial charge in [-0.25, -0.2) is 8.42 Å². The molecular formula is C11H11BrClNO4S. The van der Waals surface area contributed by atoms with E-state index in [1.54, 1.807) is 25.3 Å². The molecule has 0 radical (unpaired) electrons. The molecule has 8 heteroatoms. The maximum Gasteiger partial charge on any atom is 0.237 e. The summed E-state index contributed by atoms with van der Waals surface area (Å²) in [5.41, 5.74) is 0.605. The van der Waals surface area contributed by atoms with Crippen LogP contribution in [0.4, 0.5) is 5.69 Å². The van der Waals surface area contributed by atoms with Crippen molar-refractivity contribution in [2.45, 2.75) is 11.7 Å². The van der Waals surface area contributed by atoms with Crippen LogP contribution in [0, 0.1) is 0 Å². The van der Waals surface area contributed by atoms with Gasteiger partial charge in [0.1, 0.15) is 11.0 Å². The van der Waals surface area contributed by atoms with Crippen LogP contribution in [0.2, 0.25) is 0 Å². The van der Waals surface area contributed by atoms with E-state index in [0.717, 1.165) is 0 Å². The first kappa shape index (κ1) is 14.6. The minimum atomic E-state index is -3.73. The van der Waals surface area contributed by atoms with Crippen molar-refractivity contribution in [3.63, 3.8) is 0 Å². The van der Waals surface area contributed by atoms with Gasteiger partial charge in [-0.3, -0.25) is 4.79 Å². The minimum absolute atomic E-state index is 0.0651. The lowest BCUT2D eigenvalue weighted by molar-refractivity contribution is -0.117. The second-order valence-corrected chi connectivity index (χ2v) is 7.89. The lowest BCUT2D eigenvalue weighted by atomic mass is 10.3. The normalized spacial score (nSPS) is 19.8. The highest BCUT2D eigenvalue weighted by Crippen LogP contribution is 2.34. The Bertz CT molecular complexity index is 619. The van der Waals surface area contributed by atoms with E-state index in [-0.39, 0.29) is 18.9 Å². The minimum Gasteiger partial charge on any atom is -0.497 e. The molecule has 1 saturated heterocycles. The van der Waals surface area contributed by atoms with Crippen molar-refractivity contribution in [2.75, 3.05) is 18.6 Å². The number of carbonyl (C=O) groups excluding carboxylic acids is 1. The van der Waals surface area contributed by atoms with E-state index in [0.29, 0.717) is 15.9 Å². The van der Waals surface area contributed by atoms with Gasteiger partial charge in [-0.2, -0.15) is 0 Å². The van der Waals surface area contributed by atoms with Crippen LogP contribution in [0.25, 0.3) is 0 Å². The first-order chi connectivity index (χ1) is 8.82. The summed E-state index contributed by atoms with van der Waals surface area (Å²) in [7, 11) is 3.11. The second kappa shape index (κ2) is 5.30. The zero-order chi connectivity index (χ0) is 14.2. The van der Waals surface area contributed by atoms with Crippen LogP contribution in [0.1, 0.15) is 6.42 Å². The van der Waals surface area contributed by atoms with E-state index in [1.807, 2.05) is 0 Å². The lowest BCUT2D eigenvalue weighted by Crippen LogP contribution is -2.27. The fourth-order valence-electron chi connectivity index (χ4n) is 1.93. The summed E-state index contributed by atoms with van der Waals surface area (Å²) in [6.07, 6.45) is -0.0930. The number of anilines is 1. The van der Waals surface area contributed by atoms with E-state index in [9.17, 15) is 13.2 Å². The van der Waals surface area contributed by atoms with E-state index in [4.69, 9.17) is 15.4 Å². The van der Waals surface area contributed by atoms with Crippen molar-refractivity contribution < 1.29 is 17.9 Å². The van der Waals surface area contributed by atoms with Gasteiger partial charge in [0.25, 0.3) is 0 Å². The first-order valence-electron chi connectivity index (χ1n) is 5.40. The fourth-order valence-corrected chi connectivity index (χ4v) is 3.53. The predicted molar refractivity (Wildman–Crippen MR) is 76.2 cm³/mol. The second-order valence-electron chi connectivity index (χ2n) is 4.12. The van der Waals surface area contributed by atoms with Gasteiger partial charge >= 0.3 is 0 Å². The molecule has 5 nitrogen and oxygen atoms in total. The predicted octanol–water partition coefficient (Wildman–Crippen LogP) is 2.13. The molecule has 1 fully saturated rings. The van der Waals surface area contributed by atoms with Gasteiger partial charge in [0.15, 0.2) is 0 Å². The number of hydrogen-bond donors (Lipinski definition) is 0. The number of hydrogen-bond acceptors (Lipinski definition) is 4. The molecule has 1 heterocycles. The molecule has 1 aliphatic rings. The number of benzene rings is 1. The Morgan fingerprint density at radius 3 is 2.63 bits per heavy atom. The van der Waals surface area contributed by atoms with Gasteiger partial charge < -0.3 is 9.64 Å². The number of carbonyl (C=O) groups is 1. The molecule has 0 aromatic heterocycles. The summed E-state index contributed by atoms with van der Waals surface area (Å²) in [5, 5.41) is -0.865. The molecule has 2 rings (SSSR count). The van der Waals surface area contributed by atoms with Gasteiger partial charge in [0.2, 0.25) is 15.0 Å². The summed E-state index contributed by atoms with van der Waals surface area (Å²) >= 11 is 3.34. The average molecular weight is 369 g/mol. The Morgan fingerprint density at radius 2 is 2.16 bits per heavy atom. The summed E-state index contributed by atoms with van der Waals surface area (Å²) in [5.74, 6) is 0.379. The smallest absolute Gasteiger partial charge is 0.237 e. The van der Waals surface area contributed by atoms with Crippen LogP contribution in [0.15, 0.2) is 22.7 Å². The summed E-state index contributed by atoms with van der Waals surface area (Å²) in [6, 6.07) is 5.12. The molecule has 19 heavy (non-hydrogen) atoms. The third-order valence-electron chi connectivity index (χ3n) is 2.93. The van der Waals surface area contributed by atoms with Crippen LogP contribution in [0.3, 0.4) is 0 Å². The van der Waals surface area contributed by atoms with Crippen molar-refractivity contribution in [3.05, 3.63) is 22.7 Å². The van der Waals surface area contributed by atoms with Gasteiger partial charge in [-0.15, -0.1) is 0 Å². The monoisotopic (exact) mass is 367 g/mol. The largest absolute Gasteiger partial charge is 0.497 e. The van der Waals surface area contributed by atoms with Gasteiger partial charge in [-0.1, -0.05) is 0 Å². The SMILES string of the molecule is COc1ccc(N2CC(S(=O)(=O)Cl)CC2=O)c(Br)c1. The third kappa shape index (κ3) is 3.04. The summed E-state index contributed by atoms with van der Waals surface area (Å²) < 4.78 is 28.3. The van der Waals surface area contributed by atoms with E-state index >= 15 is 0 Å². The Balaban J connectivity index is 2.31. The van der Waals surface area contributed by atoms with E-state index in [1.165, 1.54) is 4.90 Å². The van der Waals surface area contributed by atoms with E-state index < -0.39 is 14.3 Å². The van der Waals surface area contributed by atoms with Crippen molar-refractivity contribution in [1.82, 2.24) is 0 Å². The highest BCUT2D eigenvalue weighted by molar-refractivity contribution is 9.10. The first-order valence-corrected chi connectivity index (χ1v) is 8.57. The molecule has 0 spiro atoms. The molecule has 1 atom stereocenters. The Kier molecular flexibility index (Phi) is 4.08. The topological polar surface area (TPSA) is 63.7 Å². The van der Waals surface area contributed by atoms with Gasteiger partial charge in [0.05, 0.1) is 12.8 Å². The molecule has 0 aliphatic carbocycles. The molecule has 1 unspecified atom stereocenters. The molecule has 0 saturated carbocycles. The highest BCUT2D eigenvalue weighted by atomic mass is 79.9. The zero-order valence-electron chi connectivity index (χ0n) is 9.97. The third-order valence-corrected chi connectivity index (χ3v) is 5.44. The Morgan fingerprint density at radius 1 is 1.47 bits per heavy atom. The zero-order valence-corrected chi connectivity index (χ0v) is 13.1.